The number of nitrogens with one attached hydrogen (secondary N) is 2. The van der Waals surface area contributed by atoms with Crippen LogP contribution in [0.2, 0.25) is 5.02 Å². The van der Waals surface area contributed by atoms with Crippen LogP contribution >= 0.6 is 11.6 Å². The Morgan fingerprint density at radius 3 is 2.63 bits per heavy atom. The van der Waals surface area contributed by atoms with Gasteiger partial charge in [0.05, 0.1) is 12.4 Å². The van der Waals surface area contributed by atoms with Crippen molar-refractivity contribution >= 4 is 40.2 Å². The Labute approximate surface area is 163 Å². The van der Waals surface area contributed by atoms with Gasteiger partial charge in [-0.3, -0.25) is 0 Å². The van der Waals surface area contributed by atoms with Crippen LogP contribution in [0.1, 0.15) is 33.7 Å². The van der Waals surface area contributed by atoms with Crippen LogP contribution in [0.4, 0.5) is 17.5 Å². The van der Waals surface area contributed by atoms with Gasteiger partial charge in [0.2, 0.25) is 5.95 Å². The summed E-state index contributed by atoms with van der Waals surface area (Å²) in [7, 11) is 0. The third-order valence-electron chi connectivity index (χ3n) is 4.30. The summed E-state index contributed by atoms with van der Waals surface area (Å²) < 4.78 is 1.99. The van der Waals surface area contributed by atoms with Crippen LogP contribution in [0.25, 0.3) is 11.2 Å². The van der Waals surface area contributed by atoms with Gasteiger partial charge in [-0.25, -0.2) is 4.98 Å². The summed E-state index contributed by atoms with van der Waals surface area (Å²) in [6, 6.07) is 7.63. The van der Waals surface area contributed by atoms with Crippen molar-refractivity contribution in [3.05, 3.63) is 35.6 Å². The molecule has 1 unspecified atom stereocenters. The van der Waals surface area contributed by atoms with Crippen LogP contribution in [-0.4, -0.2) is 37.3 Å². The summed E-state index contributed by atoms with van der Waals surface area (Å²) in [5.74, 6) is 1.17. The van der Waals surface area contributed by atoms with Crippen LogP contribution in [0.3, 0.4) is 0 Å². The molecule has 2 heterocycles. The molecule has 0 saturated heterocycles. The molecule has 0 spiro atoms. The van der Waals surface area contributed by atoms with E-state index in [1.54, 1.807) is 6.33 Å². The van der Waals surface area contributed by atoms with E-state index in [2.05, 4.69) is 39.4 Å². The molecule has 0 bridgehead atoms. The number of fused-ring (bicyclic) bond motifs is 1. The number of hydrogen-bond acceptors (Lipinski definition) is 6. The number of nitrogens with zero attached hydrogens (tertiary/aromatic N) is 4. The zero-order valence-electron chi connectivity index (χ0n) is 15.9. The minimum atomic E-state index is -0.483. The number of hydrogen-bond donors (Lipinski definition) is 3. The Hall–Kier alpha value is -2.38. The molecule has 0 amide bonds. The van der Waals surface area contributed by atoms with Crippen molar-refractivity contribution in [3.8, 4) is 0 Å². The second-order valence-electron chi connectivity index (χ2n) is 7.14. The highest BCUT2D eigenvalue weighted by Crippen LogP contribution is 2.27. The van der Waals surface area contributed by atoms with Gasteiger partial charge in [0.25, 0.3) is 0 Å². The standard InChI is InChI=1S/C19H25ClN6O/c1-11(2)15(27)9-21-19-24-17(23-14-7-5-6-13(20)8-14)16-18(25-19)26(10-22-16)12(3)4/h5-8,10-12,15,27H,9H2,1-4H3,(H2,21,23,24,25). The fraction of sp³-hybridized carbons (Fsp3) is 0.421. The smallest absolute Gasteiger partial charge is 0.226 e. The molecule has 1 atom stereocenters. The Bertz CT molecular complexity index is 924. The predicted octanol–water partition coefficient (Wildman–Crippen LogP) is 4.23. The summed E-state index contributed by atoms with van der Waals surface area (Å²) >= 11 is 6.09. The fourth-order valence-corrected chi connectivity index (χ4v) is 2.79. The summed E-state index contributed by atoms with van der Waals surface area (Å²) in [5.41, 5.74) is 2.22. The van der Waals surface area contributed by atoms with Gasteiger partial charge in [0.15, 0.2) is 17.0 Å². The maximum atomic E-state index is 10.1. The molecule has 27 heavy (non-hydrogen) atoms. The molecule has 1 aromatic carbocycles. The Kier molecular flexibility index (Phi) is 5.82. The summed E-state index contributed by atoms with van der Waals surface area (Å²) in [5, 5.41) is 17.1. The molecule has 0 radical (unpaired) electrons. The Morgan fingerprint density at radius 2 is 1.96 bits per heavy atom. The Balaban J connectivity index is 1.99. The zero-order chi connectivity index (χ0) is 19.6. The lowest BCUT2D eigenvalue weighted by Crippen LogP contribution is -2.25. The van der Waals surface area contributed by atoms with E-state index < -0.39 is 6.10 Å². The molecule has 7 nitrogen and oxygen atoms in total. The number of aromatic nitrogens is 4. The second-order valence-corrected chi connectivity index (χ2v) is 7.58. The van der Waals surface area contributed by atoms with Crippen molar-refractivity contribution in [2.75, 3.05) is 17.2 Å². The molecular weight excluding hydrogens is 364 g/mol. The van der Waals surface area contributed by atoms with E-state index in [4.69, 9.17) is 11.6 Å². The van der Waals surface area contributed by atoms with Crippen LogP contribution in [-0.2, 0) is 0 Å². The molecular formula is C19H25ClN6O. The van der Waals surface area contributed by atoms with Gasteiger partial charge in [-0.15, -0.1) is 0 Å². The highest BCUT2D eigenvalue weighted by molar-refractivity contribution is 6.30. The molecule has 2 aromatic heterocycles. The maximum Gasteiger partial charge on any atom is 0.226 e. The van der Waals surface area contributed by atoms with Crippen molar-refractivity contribution < 1.29 is 5.11 Å². The molecule has 0 aliphatic rings. The fourth-order valence-electron chi connectivity index (χ4n) is 2.60. The minimum absolute atomic E-state index is 0.145. The van der Waals surface area contributed by atoms with E-state index in [-0.39, 0.29) is 12.0 Å². The average molecular weight is 389 g/mol. The molecule has 0 saturated carbocycles. The van der Waals surface area contributed by atoms with Crippen molar-refractivity contribution in [2.45, 2.75) is 39.8 Å². The van der Waals surface area contributed by atoms with E-state index in [9.17, 15) is 5.11 Å². The topological polar surface area (TPSA) is 87.9 Å². The molecule has 8 heteroatoms. The van der Waals surface area contributed by atoms with Gasteiger partial charge in [-0.05, 0) is 38.0 Å². The number of benzene rings is 1. The van der Waals surface area contributed by atoms with Gasteiger partial charge >= 0.3 is 0 Å². The molecule has 0 aliphatic heterocycles. The molecule has 3 rings (SSSR count). The summed E-state index contributed by atoms with van der Waals surface area (Å²) in [6.07, 6.45) is 1.28. The van der Waals surface area contributed by atoms with Crippen molar-refractivity contribution in [1.82, 2.24) is 19.5 Å². The van der Waals surface area contributed by atoms with E-state index in [1.807, 2.05) is 42.7 Å². The molecule has 3 N–H and O–H groups in total. The van der Waals surface area contributed by atoms with Gasteiger partial charge in [0.1, 0.15) is 0 Å². The number of imidazole rings is 1. The number of anilines is 3. The zero-order valence-corrected chi connectivity index (χ0v) is 16.7. The molecule has 0 fully saturated rings. The summed E-state index contributed by atoms with van der Waals surface area (Å²) in [6.45, 7) is 8.45. The first-order valence-corrected chi connectivity index (χ1v) is 9.42. The van der Waals surface area contributed by atoms with Crippen LogP contribution in [0.5, 0.6) is 0 Å². The van der Waals surface area contributed by atoms with E-state index in [0.29, 0.717) is 28.9 Å². The Morgan fingerprint density at radius 1 is 1.19 bits per heavy atom. The highest BCUT2D eigenvalue weighted by atomic mass is 35.5. The van der Waals surface area contributed by atoms with Crippen LogP contribution < -0.4 is 10.6 Å². The first-order chi connectivity index (χ1) is 12.8. The van der Waals surface area contributed by atoms with E-state index >= 15 is 0 Å². The SMILES string of the molecule is CC(C)C(O)CNc1nc(Nc2cccc(Cl)c2)c2ncn(C(C)C)c2n1. The lowest BCUT2D eigenvalue weighted by molar-refractivity contribution is 0.137. The lowest BCUT2D eigenvalue weighted by atomic mass is 10.1. The first-order valence-electron chi connectivity index (χ1n) is 9.04. The molecule has 3 aromatic rings. The van der Waals surface area contributed by atoms with Crippen LogP contribution in [0.15, 0.2) is 30.6 Å². The lowest BCUT2D eigenvalue weighted by Gasteiger charge is -2.16. The van der Waals surface area contributed by atoms with Gasteiger partial charge in [-0.2, -0.15) is 9.97 Å². The predicted molar refractivity (Wildman–Crippen MR) is 110 cm³/mol. The summed E-state index contributed by atoms with van der Waals surface area (Å²) in [4.78, 5) is 13.7. The second kappa shape index (κ2) is 8.10. The van der Waals surface area contributed by atoms with Crippen molar-refractivity contribution in [1.29, 1.82) is 0 Å². The normalized spacial score (nSPS) is 12.7. The number of halogens is 1. The van der Waals surface area contributed by atoms with Gasteiger partial charge < -0.3 is 20.3 Å². The van der Waals surface area contributed by atoms with Crippen LogP contribution in [0, 0.1) is 5.92 Å². The molecule has 144 valence electrons. The van der Waals surface area contributed by atoms with Gasteiger partial charge in [-0.1, -0.05) is 31.5 Å². The van der Waals surface area contributed by atoms with E-state index in [0.717, 1.165) is 11.3 Å². The third kappa shape index (κ3) is 4.48. The first kappa shape index (κ1) is 19.4. The van der Waals surface area contributed by atoms with Crippen molar-refractivity contribution in [2.24, 2.45) is 5.92 Å². The maximum absolute atomic E-state index is 10.1. The molecule has 0 aliphatic carbocycles. The van der Waals surface area contributed by atoms with Crippen molar-refractivity contribution in [3.63, 3.8) is 0 Å². The largest absolute Gasteiger partial charge is 0.391 e. The monoisotopic (exact) mass is 388 g/mol. The number of aliphatic hydroxyl groups is 1. The minimum Gasteiger partial charge on any atom is -0.391 e. The third-order valence-corrected chi connectivity index (χ3v) is 4.54. The number of aliphatic hydroxyl groups excluding tert-OH is 1. The van der Waals surface area contributed by atoms with Gasteiger partial charge in [0, 0.05) is 23.3 Å². The average Bonchev–Trinajstić information content (AvgIpc) is 3.04. The highest BCUT2D eigenvalue weighted by Gasteiger charge is 2.16. The van der Waals surface area contributed by atoms with E-state index in [1.165, 1.54) is 0 Å². The quantitative estimate of drug-likeness (QED) is 0.561. The number of rotatable bonds is 7.